The van der Waals surface area contributed by atoms with Gasteiger partial charge < -0.3 is 15.4 Å². The highest BCUT2D eigenvalue weighted by atomic mass is 16.5. The monoisotopic (exact) mass is 212 g/mol. The van der Waals surface area contributed by atoms with Gasteiger partial charge in [0.25, 0.3) is 0 Å². The van der Waals surface area contributed by atoms with Gasteiger partial charge in [-0.25, -0.2) is 0 Å². The Morgan fingerprint density at radius 3 is 2.93 bits per heavy atom. The Kier molecular flexibility index (Phi) is 3.26. The number of rotatable bonds is 5. The fourth-order valence-electron chi connectivity index (χ4n) is 1.74. The standard InChI is InChI=1S/C11H20N2O2/c1-11(4-5-15-8-11)13-7-10(14)12-6-9-2-3-9/h9,13H,2-8H2,1H3,(H,12,14). The Bertz CT molecular complexity index is 233. The molecule has 1 saturated heterocycles. The summed E-state index contributed by atoms with van der Waals surface area (Å²) in [7, 11) is 0. The van der Waals surface area contributed by atoms with Gasteiger partial charge in [-0.05, 0) is 32.1 Å². The molecule has 15 heavy (non-hydrogen) atoms. The highest BCUT2D eigenvalue weighted by molar-refractivity contribution is 5.78. The molecule has 0 aromatic rings. The van der Waals surface area contributed by atoms with Crippen molar-refractivity contribution in [3.63, 3.8) is 0 Å². The number of carbonyl (C=O) groups is 1. The molecule has 4 heteroatoms. The van der Waals surface area contributed by atoms with Crippen LogP contribution in [0.25, 0.3) is 0 Å². The van der Waals surface area contributed by atoms with Crippen molar-refractivity contribution in [1.82, 2.24) is 10.6 Å². The van der Waals surface area contributed by atoms with E-state index in [-0.39, 0.29) is 11.4 Å². The average molecular weight is 212 g/mol. The molecule has 1 unspecified atom stereocenters. The fraction of sp³-hybridized carbons (Fsp3) is 0.909. The van der Waals surface area contributed by atoms with Crippen LogP contribution in [0.3, 0.4) is 0 Å². The Hall–Kier alpha value is -0.610. The van der Waals surface area contributed by atoms with Crippen LogP contribution in [0.5, 0.6) is 0 Å². The van der Waals surface area contributed by atoms with Gasteiger partial charge in [-0.2, -0.15) is 0 Å². The fourth-order valence-corrected chi connectivity index (χ4v) is 1.74. The van der Waals surface area contributed by atoms with Crippen molar-refractivity contribution < 1.29 is 9.53 Å². The maximum atomic E-state index is 11.5. The highest BCUT2D eigenvalue weighted by Crippen LogP contribution is 2.27. The summed E-state index contributed by atoms with van der Waals surface area (Å²) in [5, 5.41) is 6.21. The lowest BCUT2D eigenvalue weighted by atomic mass is 10.0. The highest BCUT2D eigenvalue weighted by Gasteiger charge is 2.29. The van der Waals surface area contributed by atoms with Crippen LogP contribution in [0, 0.1) is 5.92 Å². The van der Waals surface area contributed by atoms with E-state index in [1.165, 1.54) is 12.8 Å². The lowest BCUT2D eigenvalue weighted by Crippen LogP contribution is -2.47. The summed E-state index contributed by atoms with van der Waals surface area (Å²) in [6.07, 6.45) is 3.54. The van der Waals surface area contributed by atoms with Gasteiger partial charge in [-0.1, -0.05) is 0 Å². The molecule has 2 rings (SSSR count). The molecule has 1 aliphatic heterocycles. The van der Waals surface area contributed by atoms with Crippen molar-refractivity contribution in [2.75, 3.05) is 26.3 Å². The first-order valence-corrected chi connectivity index (χ1v) is 5.77. The molecule has 0 spiro atoms. The number of amides is 1. The topological polar surface area (TPSA) is 50.4 Å². The maximum absolute atomic E-state index is 11.5. The molecule has 2 N–H and O–H groups in total. The molecule has 2 fully saturated rings. The van der Waals surface area contributed by atoms with Crippen LogP contribution in [0.4, 0.5) is 0 Å². The summed E-state index contributed by atoms with van der Waals surface area (Å²) in [5.74, 6) is 0.856. The molecule has 1 heterocycles. The van der Waals surface area contributed by atoms with Crippen molar-refractivity contribution in [2.45, 2.75) is 31.7 Å². The molecule has 0 aromatic carbocycles. The molecular weight excluding hydrogens is 192 g/mol. The second-order valence-electron chi connectivity index (χ2n) is 4.96. The van der Waals surface area contributed by atoms with Gasteiger partial charge in [-0.3, -0.25) is 4.79 Å². The minimum Gasteiger partial charge on any atom is -0.379 e. The zero-order valence-electron chi connectivity index (χ0n) is 9.34. The van der Waals surface area contributed by atoms with E-state index in [4.69, 9.17) is 4.74 Å². The first-order valence-electron chi connectivity index (χ1n) is 5.77. The predicted octanol–water partition coefficient (Wildman–Crippen LogP) is 0.281. The van der Waals surface area contributed by atoms with Crippen LogP contribution in [0.15, 0.2) is 0 Å². The van der Waals surface area contributed by atoms with Crippen LogP contribution in [0.1, 0.15) is 26.2 Å². The van der Waals surface area contributed by atoms with Gasteiger partial charge in [0.1, 0.15) is 0 Å². The maximum Gasteiger partial charge on any atom is 0.233 e. The van der Waals surface area contributed by atoms with Crippen LogP contribution in [-0.4, -0.2) is 37.7 Å². The molecule has 4 nitrogen and oxygen atoms in total. The van der Waals surface area contributed by atoms with E-state index >= 15 is 0 Å². The number of nitrogens with one attached hydrogen (secondary N) is 2. The third-order valence-electron chi connectivity index (χ3n) is 3.18. The minimum atomic E-state index is -0.00305. The van der Waals surface area contributed by atoms with E-state index < -0.39 is 0 Å². The molecular formula is C11H20N2O2. The van der Waals surface area contributed by atoms with Crippen LogP contribution < -0.4 is 10.6 Å². The minimum absolute atomic E-state index is 0.00305. The molecule has 0 aromatic heterocycles. The smallest absolute Gasteiger partial charge is 0.233 e. The van der Waals surface area contributed by atoms with Gasteiger partial charge in [0.15, 0.2) is 0 Å². The number of hydrogen-bond acceptors (Lipinski definition) is 3. The predicted molar refractivity (Wildman–Crippen MR) is 57.6 cm³/mol. The molecule has 0 bridgehead atoms. The van der Waals surface area contributed by atoms with Gasteiger partial charge in [0.05, 0.1) is 13.2 Å². The van der Waals surface area contributed by atoms with Crippen LogP contribution in [-0.2, 0) is 9.53 Å². The van der Waals surface area contributed by atoms with E-state index in [9.17, 15) is 4.79 Å². The van der Waals surface area contributed by atoms with Crippen molar-refractivity contribution in [3.8, 4) is 0 Å². The third-order valence-corrected chi connectivity index (χ3v) is 3.18. The summed E-state index contributed by atoms with van der Waals surface area (Å²) >= 11 is 0. The first-order chi connectivity index (χ1) is 7.18. The number of ether oxygens (including phenoxy) is 1. The average Bonchev–Trinajstić information content (AvgIpc) is 2.95. The Morgan fingerprint density at radius 1 is 1.53 bits per heavy atom. The lowest BCUT2D eigenvalue weighted by Gasteiger charge is -2.23. The summed E-state index contributed by atoms with van der Waals surface area (Å²) in [6, 6.07) is 0. The molecule has 1 amide bonds. The SMILES string of the molecule is CC1(NCC(=O)NCC2CC2)CCOC1. The molecule has 0 radical (unpaired) electrons. The lowest BCUT2D eigenvalue weighted by molar-refractivity contribution is -0.120. The number of carbonyl (C=O) groups excluding carboxylic acids is 1. The second-order valence-corrected chi connectivity index (χ2v) is 4.96. The van der Waals surface area contributed by atoms with Gasteiger partial charge >= 0.3 is 0 Å². The van der Waals surface area contributed by atoms with Crippen molar-refractivity contribution >= 4 is 5.91 Å². The first kappa shape index (κ1) is 10.9. The Labute approximate surface area is 90.8 Å². The summed E-state index contributed by atoms with van der Waals surface area (Å²) < 4.78 is 5.31. The Morgan fingerprint density at radius 2 is 2.33 bits per heavy atom. The zero-order valence-corrected chi connectivity index (χ0v) is 9.34. The third kappa shape index (κ3) is 3.47. The van der Waals surface area contributed by atoms with E-state index in [1.807, 2.05) is 0 Å². The van der Waals surface area contributed by atoms with E-state index in [0.717, 1.165) is 25.5 Å². The van der Waals surface area contributed by atoms with Gasteiger partial charge in [0, 0.05) is 18.7 Å². The number of hydrogen-bond donors (Lipinski definition) is 2. The van der Waals surface area contributed by atoms with E-state index in [2.05, 4.69) is 17.6 Å². The van der Waals surface area contributed by atoms with Gasteiger partial charge in [-0.15, -0.1) is 0 Å². The van der Waals surface area contributed by atoms with Crippen LogP contribution in [0.2, 0.25) is 0 Å². The van der Waals surface area contributed by atoms with Crippen molar-refractivity contribution in [2.24, 2.45) is 5.92 Å². The second kappa shape index (κ2) is 4.49. The molecule has 1 atom stereocenters. The Balaban J connectivity index is 1.60. The molecule has 86 valence electrons. The van der Waals surface area contributed by atoms with Crippen molar-refractivity contribution in [3.05, 3.63) is 0 Å². The quantitative estimate of drug-likeness (QED) is 0.688. The van der Waals surface area contributed by atoms with E-state index in [0.29, 0.717) is 13.2 Å². The molecule has 1 aliphatic carbocycles. The normalized spacial score (nSPS) is 30.5. The zero-order chi connectivity index (χ0) is 10.7. The summed E-state index contributed by atoms with van der Waals surface area (Å²) in [6.45, 7) is 4.88. The summed E-state index contributed by atoms with van der Waals surface area (Å²) in [4.78, 5) is 11.5. The van der Waals surface area contributed by atoms with Crippen molar-refractivity contribution in [1.29, 1.82) is 0 Å². The molecule has 1 saturated carbocycles. The van der Waals surface area contributed by atoms with Gasteiger partial charge in [0.2, 0.25) is 5.91 Å². The largest absolute Gasteiger partial charge is 0.379 e. The van der Waals surface area contributed by atoms with E-state index in [1.54, 1.807) is 0 Å². The van der Waals surface area contributed by atoms with Crippen LogP contribution >= 0.6 is 0 Å². The molecule has 2 aliphatic rings. The summed E-state index contributed by atoms with van der Waals surface area (Å²) in [5.41, 5.74) is -0.00305.